The van der Waals surface area contributed by atoms with Crippen molar-refractivity contribution in [2.75, 3.05) is 6.54 Å². The number of carbonyl (C=O) groups is 4. The fourth-order valence-electron chi connectivity index (χ4n) is 3.74. The number of nitrogens with one attached hydrogen (secondary N) is 3. The minimum Gasteiger partial charge on any atom is -0.480 e. The Hall–Kier alpha value is -4.45. The summed E-state index contributed by atoms with van der Waals surface area (Å²) in [5, 5.41) is 17.2. The van der Waals surface area contributed by atoms with Crippen molar-refractivity contribution in [3.8, 4) is 0 Å². The number of carboxylic acids is 1. The predicted molar refractivity (Wildman–Crippen MR) is 147 cm³/mol. The Morgan fingerprint density at radius 3 is 1.87 bits per heavy atom. The minimum absolute atomic E-state index is 0.0748. The number of aliphatic imine (C=N–C) groups is 1. The normalized spacial score (nSPS) is 13.7. The van der Waals surface area contributed by atoms with Crippen LogP contribution in [0.1, 0.15) is 30.9 Å². The van der Waals surface area contributed by atoms with Crippen molar-refractivity contribution in [2.45, 2.75) is 56.8 Å². The number of guanidine groups is 1. The van der Waals surface area contributed by atoms with E-state index in [1.54, 1.807) is 30.3 Å². The fraction of sp³-hybridized carbons (Fsp3) is 0.370. The molecule has 2 aromatic carbocycles. The zero-order valence-corrected chi connectivity index (χ0v) is 21.9. The van der Waals surface area contributed by atoms with Crippen molar-refractivity contribution < 1.29 is 24.3 Å². The second-order valence-electron chi connectivity index (χ2n) is 9.13. The molecule has 3 amide bonds. The van der Waals surface area contributed by atoms with Gasteiger partial charge in [-0.15, -0.1) is 0 Å². The van der Waals surface area contributed by atoms with E-state index < -0.39 is 47.9 Å². The lowest BCUT2D eigenvalue weighted by atomic mass is 10.0. The number of carbonyl (C=O) groups excluding carboxylic acids is 3. The average Bonchev–Trinajstić information content (AvgIpc) is 2.90. The van der Waals surface area contributed by atoms with E-state index in [9.17, 15) is 24.3 Å². The van der Waals surface area contributed by atoms with Gasteiger partial charge in [0.1, 0.15) is 18.1 Å². The molecule has 2 aromatic rings. The molecule has 210 valence electrons. The topological polar surface area (TPSA) is 215 Å². The summed E-state index contributed by atoms with van der Waals surface area (Å²) in [6.45, 7) is 1.65. The maximum Gasteiger partial charge on any atom is 0.326 e. The average molecular weight is 540 g/mol. The van der Waals surface area contributed by atoms with Crippen LogP contribution in [0.4, 0.5) is 0 Å². The van der Waals surface area contributed by atoms with Crippen LogP contribution in [0.3, 0.4) is 0 Å². The van der Waals surface area contributed by atoms with Gasteiger partial charge in [0.25, 0.3) is 0 Å². The molecule has 12 nitrogen and oxygen atoms in total. The van der Waals surface area contributed by atoms with Crippen LogP contribution in [0.2, 0.25) is 0 Å². The Kier molecular flexibility index (Phi) is 12.4. The molecule has 0 aromatic heterocycles. The molecule has 0 heterocycles. The van der Waals surface area contributed by atoms with Gasteiger partial charge in [-0.3, -0.25) is 19.4 Å². The van der Waals surface area contributed by atoms with E-state index in [1.165, 1.54) is 6.92 Å². The van der Waals surface area contributed by atoms with E-state index in [0.29, 0.717) is 6.42 Å². The summed E-state index contributed by atoms with van der Waals surface area (Å²) >= 11 is 0. The second kappa shape index (κ2) is 15.7. The maximum atomic E-state index is 13.1. The monoisotopic (exact) mass is 539 g/mol. The van der Waals surface area contributed by atoms with Crippen LogP contribution in [-0.4, -0.2) is 65.5 Å². The zero-order chi connectivity index (χ0) is 28.8. The summed E-state index contributed by atoms with van der Waals surface area (Å²) in [5.41, 5.74) is 18.4. The van der Waals surface area contributed by atoms with E-state index >= 15 is 0 Å². The van der Waals surface area contributed by atoms with E-state index in [0.717, 1.165) is 11.1 Å². The van der Waals surface area contributed by atoms with Crippen molar-refractivity contribution in [3.63, 3.8) is 0 Å². The summed E-state index contributed by atoms with van der Waals surface area (Å²) in [6.07, 6.45) is 0.882. The molecule has 0 radical (unpaired) electrons. The molecule has 4 atom stereocenters. The SMILES string of the molecule is CC(NC(=O)C(CCCN=C(N)N)NC(=O)C(N)Cc1ccccc1)C(=O)NC(Cc1ccccc1)C(=O)O. The maximum absolute atomic E-state index is 13.1. The van der Waals surface area contributed by atoms with Gasteiger partial charge in [0.05, 0.1) is 6.04 Å². The number of aliphatic carboxylic acids is 1. The predicted octanol–water partition coefficient (Wildman–Crippen LogP) is -0.588. The lowest BCUT2D eigenvalue weighted by Gasteiger charge is -2.23. The lowest BCUT2D eigenvalue weighted by Crippen LogP contribution is -2.56. The van der Waals surface area contributed by atoms with Crippen LogP contribution < -0.4 is 33.2 Å². The first-order chi connectivity index (χ1) is 18.6. The van der Waals surface area contributed by atoms with Crippen molar-refractivity contribution in [2.24, 2.45) is 22.2 Å². The van der Waals surface area contributed by atoms with Crippen molar-refractivity contribution in [1.82, 2.24) is 16.0 Å². The van der Waals surface area contributed by atoms with Gasteiger partial charge in [-0.2, -0.15) is 0 Å². The Morgan fingerprint density at radius 2 is 1.33 bits per heavy atom. The number of benzene rings is 2. The third-order valence-corrected chi connectivity index (χ3v) is 5.86. The first-order valence-electron chi connectivity index (χ1n) is 12.6. The Bertz CT molecular complexity index is 1120. The quantitative estimate of drug-likeness (QED) is 0.0880. The summed E-state index contributed by atoms with van der Waals surface area (Å²) in [7, 11) is 0. The molecule has 0 spiro atoms. The summed E-state index contributed by atoms with van der Waals surface area (Å²) in [6, 6.07) is 13.9. The molecule has 0 aliphatic heterocycles. The van der Waals surface area contributed by atoms with Crippen molar-refractivity contribution in [3.05, 3.63) is 71.8 Å². The van der Waals surface area contributed by atoms with Gasteiger partial charge in [-0.1, -0.05) is 60.7 Å². The highest BCUT2D eigenvalue weighted by molar-refractivity contribution is 5.94. The van der Waals surface area contributed by atoms with E-state index in [4.69, 9.17) is 17.2 Å². The molecule has 2 rings (SSSR count). The molecule has 4 unspecified atom stereocenters. The van der Waals surface area contributed by atoms with Crippen LogP contribution >= 0.6 is 0 Å². The Balaban J connectivity index is 2.02. The number of amides is 3. The molecule has 0 bridgehead atoms. The number of carboxylic acid groups (broad SMARTS) is 1. The molecule has 10 N–H and O–H groups in total. The largest absolute Gasteiger partial charge is 0.480 e. The molecule has 0 saturated carbocycles. The van der Waals surface area contributed by atoms with Crippen LogP contribution in [0, 0.1) is 0 Å². The Labute approximate surface area is 227 Å². The van der Waals surface area contributed by atoms with E-state index in [-0.39, 0.29) is 31.8 Å². The molecule has 0 fully saturated rings. The van der Waals surface area contributed by atoms with E-state index in [2.05, 4.69) is 20.9 Å². The van der Waals surface area contributed by atoms with Crippen LogP contribution in [0.5, 0.6) is 0 Å². The van der Waals surface area contributed by atoms with E-state index in [1.807, 2.05) is 30.3 Å². The molecule has 0 aliphatic carbocycles. The van der Waals surface area contributed by atoms with Crippen molar-refractivity contribution >= 4 is 29.7 Å². The van der Waals surface area contributed by atoms with Gasteiger partial charge in [0.2, 0.25) is 17.7 Å². The standard InChI is InChI=1S/C27H37N7O5/c1-17(23(35)34-22(26(38)39)16-19-11-6-3-7-12-19)32-25(37)21(13-8-14-31-27(29)30)33-24(36)20(28)15-18-9-4-2-5-10-18/h2-7,9-12,17,20-22H,8,13-16,28H2,1H3,(H,32,37)(H,33,36)(H,34,35)(H,38,39)(H4,29,30,31). The molecular weight excluding hydrogens is 502 g/mol. The first kappa shape index (κ1) is 30.8. The Morgan fingerprint density at radius 1 is 0.795 bits per heavy atom. The number of hydrogen-bond acceptors (Lipinski definition) is 6. The molecule has 0 saturated heterocycles. The summed E-state index contributed by atoms with van der Waals surface area (Å²) in [4.78, 5) is 54.2. The smallest absolute Gasteiger partial charge is 0.326 e. The van der Waals surface area contributed by atoms with Crippen molar-refractivity contribution in [1.29, 1.82) is 0 Å². The second-order valence-corrected chi connectivity index (χ2v) is 9.13. The molecule has 39 heavy (non-hydrogen) atoms. The molecular formula is C27H37N7O5. The highest BCUT2D eigenvalue weighted by Crippen LogP contribution is 2.06. The van der Waals surface area contributed by atoms with Gasteiger partial charge >= 0.3 is 5.97 Å². The third kappa shape index (κ3) is 11.2. The molecule has 12 heteroatoms. The summed E-state index contributed by atoms with van der Waals surface area (Å²) in [5.74, 6) is -3.15. The minimum atomic E-state index is -1.21. The number of nitrogens with zero attached hydrogens (tertiary/aromatic N) is 1. The van der Waals surface area contributed by atoms with Gasteiger partial charge < -0.3 is 38.3 Å². The molecule has 0 aliphatic rings. The van der Waals surface area contributed by atoms with Crippen LogP contribution in [-0.2, 0) is 32.0 Å². The van der Waals surface area contributed by atoms with Gasteiger partial charge in [-0.05, 0) is 37.3 Å². The number of nitrogens with two attached hydrogens (primary N) is 3. The number of rotatable bonds is 15. The third-order valence-electron chi connectivity index (χ3n) is 5.86. The van der Waals surface area contributed by atoms with Gasteiger partial charge in [0.15, 0.2) is 5.96 Å². The highest BCUT2D eigenvalue weighted by atomic mass is 16.4. The number of hydrogen-bond donors (Lipinski definition) is 7. The fourth-order valence-corrected chi connectivity index (χ4v) is 3.74. The van der Waals surface area contributed by atoms with Crippen LogP contribution in [0.25, 0.3) is 0 Å². The highest BCUT2D eigenvalue weighted by Gasteiger charge is 2.28. The first-order valence-corrected chi connectivity index (χ1v) is 12.6. The lowest BCUT2D eigenvalue weighted by molar-refractivity contribution is -0.142. The van der Waals surface area contributed by atoms with Gasteiger partial charge in [-0.25, -0.2) is 4.79 Å². The van der Waals surface area contributed by atoms with Gasteiger partial charge in [0, 0.05) is 13.0 Å². The zero-order valence-electron chi connectivity index (χ0n) is 21.9. The summed E-state index contributed by atoms with van der Waals surface area (Å²) < 4.78 is 0. The van der Waals surface area contributed by atoms with Crippen LogP contribution in [0.15, 0.2) is 65.7 Å².